The monoisotopic (exact) mass is 263 g/mol. The molecule has 0 amide bonds. The number of sulfone groups is 1. The zero-order chi connectivity index (χ0) is 13.1. The van der Waals surface area contributed by atoms with Gasteiger partial charge in [-0.3, -0.25) is 0 Å². The van der Waals surface area contributed by atoms with Crippen LogP contribution in [0.2, 0.25) is 0 Å². The fourth-order valence-corrected chi connectivity index (χ4v) is 3.12. The molecule has 1 aromatic carbocycles. The first-order valence-corrected chi connectivity index (χ1v) is 6.91. The van der Waals surface area contributed by atoms with Crippen molar-refractivity contribution in [3.05, 3.63) is 29.8 Å². The predicted octanol–water partition coefficient (Wildman–Crippen LogP) is 1.74. The second-order valence-corrected chi connectivity index (χ2v) is 5.79. The maximum absolute atomic E-state index is 13.0. The van der Waals surface area contributed by atoms with Gasteiger partial charge in [0.25, 0.3) is 0 Å². The number of halogens is 2. The van der Waals surface area contributed by atoms with Crippen molar-refractivity contribution in [1.82, 2.24) is 5.32 Å². The van der Waals surface area contributed by atoms with Gasteiger partial charge in [-0.2, -0.15) is 0 Å². The summed E-state index contributed by atoms with van der Waals surface area (Å²) in [5.74, 6) is -2.33. The molecule has 17 heavy (non-hydrogen) atoms. The normalized spacial score (nSPS) is 13.6. The van der Waals surface area contributed by atoms with Crippen LogP contribution in [0.4, 0.5) is 8.78 Å². The molecule has 0 bridgehead atoms. The van der Waals surface area contributed by atoms with E-state index >= 15 is 0 Å². The van der Waals surface area contributed by atoms with Gasteiger partial charge >= 0.3 is 0 Å². The van der Waals surface area contributed by atoms with Gasteiger partial charge in [-0.05, 0) is 31.7 Å². The van der Waals surface area contributed by atoms with Crippen molar-refractivity contribution in [3.63, 3.8) is 0 Å². The molecule has 0 aliphatic rings. The Balaban J connectivity index is 3.01. The first kappa shape index (κ1) is 14.1. The molecule has 0 saturated carbocycles. The molecular formula is C11H15F2NO2S. The summed E-state index contributed by atoms with van der Waals surface area (Å²) in [6, 6.07) is 2.42. The average molecular weight is 263 g/mol. The van der Waals surface area contributed by atoms with Crippen LogP contribution in [0, 0.1) is 11.6 Å². The van der Waals surface area contributed by atoms with E-state index in [9.17, 15) is 17.2 Å². The van der Waals surface area contributed by atoms with Crippen molar-refractivity contribution in [2.24, 2.45) is 0 Å². The quantitative estimate of drug-likeness (QED) is 0.823. The molecule has 0 aliphatic carbocycles. The Kier molecular flexibility index (Phi) is 4.59. The molecule has 6 heteroatoms. The van der Waals surface area contributed by atoms with Crippen LogP contribution >= 0.6 is 0 Å². The van der Waals surface area contributed by atoms with E-state index in [-0.39, 0.29) is 16.7 Å². The topological polar surface area (TPSA) is 46.2 Å². The zero-order valence-electron chi connectivity index (χ0n) is 9.70. The molecule has 0 fully saturated rings. The summed E-state index contributed by atoms with van der Waals surface area (Å²) < 4.78 is 49.4. The van der Waals surface area contributed by atoms with Gasteiger partial charge in [-0.1, -0.05) is 6.92 Å². The summed E-state index contributed by atoms with van der Waals surface area (Å²) in [6.07, 6.45) is 0.638. The highest BCUT2D eigenvalue weighted by Crippen LogP contribution is 2.16. The highest BCUT2D eigenvalue weighted by atomic mass is 32.2. The fourth-order valence-electron chi connectivity index (χ4n) is 1.44. The Morgan fingerprint density at radius 2 is 1.94 bits per heavy atom. The predicted molar refractivity (Wildman–Crippen MR) is 61.5 cm³/mol. The van der Waals surface area contributed by atoms with E-state index < -0.39 is 21.5 Å². The minimum atomic E-state index is -3.59. The molecule has 1 aromatic rings. The molecule has 1 N–H and O–H groups in total. The van der Waals surface area contributed by atoms with Crippen LogP contribution in [0.3, 0.4) is 0 Å². The molecule has 96 valence electrons. The van der Waals surface area contributed by atoms with Gasteiger partial charge in [-0.15, -0.1) is 0 Å². The van der Waals surface area contributed by atoms with E-state index in [0.717, 1.165) is 12.1 Å². The van der Waals surface area contributed by atoms with Crippen LogP contribution in [-0.4, -0.2) is 27.3 Å². The summed E-state index contributed by atoms with van der Waals surface area (Å²) >= 11 is 0. The molecule has 0 saturated heterocycles. The Morgan fingerprint density at radius 1 is 1.29 bits per heavy atom. The minimum absolute atomic E-state index is 0.134. The van der Waals surface area contributed by atoms with Crippen LogP contribution in [0.1, 0.15) is 13.3 Å². The molecule has 0 aliphatic heterocycles. The number of benzene rings is 1. The Hall–Kier alpha value is -1.01. The lowest BCUT2D eigenvalue weighted by Gasteiger charge is -2.14. The van der Waals surface area contributed by atoms with Gasteiger partial charge < -0.3 is 5.32 Å². The number of nitrogens with one attached hydrogen (secondary N) is 1. The first-order chi connectivity index (χ1) is 7.90. The molecule has 0 radical (unpaired) electrons. The maximum Gasteiger partial charge on any atom is 0.180 e. The van der Waals surface area contributed by atoms with Gasteiger partial charge in [0.15, 0.2) is 21.5 Å². The van der Waals surface area contributed by atoms with Crippen molar-refractivity contribution in [3.8, 4) is 0 Å². The number of rotatable bonds is 5. The third-order valence-electron chi connectivity index (χ3n) is 2.57. The van der Waals surface area contributed by atoms with E-state index in [0.29, 0.717) is 12.5 Å². The number of hydrogen-bond acceptors (Lipinski definition) is 3. The third kappa shape index (κ3) is 3.47. The lowest BCUT2D eigenvalue weighted by Crippen LogP contribution is -2.32. The SMILES string of the molecule is CCC(CS(=O)(=O)c1ccc(F)c(F)c1)NC. The first-order valence-electron chi connectivity index (χ1n) is 5.25. The summed E-state index contributed by atoms with van der Waals surface area (Å²) in [5.41, 5.74) is 0. The van der Waals surface area contributed by atoms with Gasteiger partial charge in [0, 0.05) is 6.04 Å². The van der Waals surface area contributed by atoms with E-state index in [1.165, 1.54) is 0 Å². The van der Waals surface area contributed by atoms with E-state index in [1.54, 1.807) is 7.05 Å². The molecular weight excluding hydrogens is 248 g/mol. The lowest BCUT2D eigenvalue weighted by atomic mass is 10.3. The van der Waals surface area contributed by atoms with Crippen LogP contribution in [0.25, 0.3) is 0 Å². The minimum Gasteiger partial charge on any atom is -0.316 e. The van der Waals surface area contributed by atoms with Crippen LogP contribution < -0.4 is 5.32 Å². The lowest BCUT2D eigenvalue weighted by molar-refractivity contribution is 0.504. The highest BCUT2D eigenvalue weighted by Gasteiger charge is 2.20. The van der Waals surface area contributed by atoms with Crippen molar-refractivity contribution in [1.29, 1.82) is 0 Å². The Morgan fingerprint density at radius 3 is 2.41 bits per heavy atom. The van der Waals surface area contributed by atoms with Crippen molar-refractivity contribution in [2.45, 2.75) is 24.3 Å². The van der Waals surface area contributed by atoms with Crippen molar-refractivity contribution >= 4 is 9.84 Å². The summed E-state index contributed by atoms with van der Waals surface area (Å²) in [4.78, 5) is -0.190. The van der Waals surface area contributed by atoms with E-state index in [2.05, 4.69) is 5.32 Å². The van der Waals surface area contributed by atoms with Crippen molar-refractivity contribution in [2.75, 3.05) is 12.8 Å². The largest absolute Gasteiger partial charge is 0.316 e. The number of hydrogen-bond donors (Lipinski definition) is 1. The summed E-state index contributed by atoms with van der Waals surface area (Å²) in [5, 5.41) is 2.86. The smallest absolute Gasteiger partial charge is 0.180 e. The van der Waals surface area contributed by atoms with Crippen LogP contribution in [0.5, 0.6) is 0 Å². The zero-order valence-corrected chi connectivity index (χ0v) is 10.5. The fraction of sp³-hybridized carbons (Fsp3) is 0.455. The van der Waals surface area contributed by atoms with E-state index in [4.69, 9.17) is 0 Å². The summed E-state index contributed by atoms with van der Waals surface area (Å²) in [6.45, 7) is 1.85. The molecule has 3 nitrogen and oxygen atoms in total. The van der Waals surface area contributed by atoms with Crippen LogP contribution in [0.15, 0.2) is 23.1 Å². The second kappa shape index (κ2) is 5.55. The maximum atomic E-state index is 13.0. The average Bonchev–Trinajstić information content (AvgIpc) is 2.29. The van der Waals surface area contributed by atoms with E-state index in [1.807, 2.05) is 6.92 Å². The molecule has 0 aromatic heterocycles. The second-order valence-electron chi connectivity index (χ2n) is 3.75. The molecule has 0 heterocycles. The standard InChI is InChI=1S/C11H15F2NO2S/c1-3-8(14-2)7-17(15,16)9-4-5-10(12)11(13)6-9/h4-6,8,14H,3,7H2,1-2H3. The van der Waals surface area contributed by atoms with Gasteiger partial charge in [0.05, 0.1) is 10.6 Å². The Bertz CT molecular complexity index is 484. The van der Waals surface area contributed by atoms with Gasteiger partial charge in [0.1, 0.15) is 0 Å². The van der Waals surface area contributed by atoms with Crippen LogP contribution in [-0.2, 0) is 9.84 Å². The Labute approximate surface area is 99.8 Å². The molecule has 1 atom stereocenters. The van der Waals surface area contributed by atoms with Crippen molar-refractivity contribution < 1.29 is 17.2 Å². The molecule has 1 rings (SSSR count). The van der Waals surface area contributed by atoms with Gasteiger partial charge in [-0.25, -0.2) is 17.2 Å². The summed E-state index contributed by atoms with van der Waals surface area (Å²) in [7, 11) is -1.93. The van der Waals surface area contributed by atoms with Gasteiger partial charge in [0.2, 0.25) is 0 Å². The third-order valence-corrected chi connectivity index (χ3v) is 4.39. The molecule has 0 spiro atoms. The highest BCUT2D eigenvalue weighted by molar-refractivity contribution is 7.91. The molecule has 1 unspecified atom stereocenters.